The number of benzene rings is 1. The Hall–Kier alpha value is -2.44. The average Bonchev–Trinajstić information content (AvgIpc) is 2.35. The minimum Gasteiger partial charge on any atom is -0.444 e. The molecule has 0 aliphatic carbocycles. The number of ketones is 1. The van der Waals surface area contributed by atoms with E-state index in [0.29, 0.717) is 0 Å². The summed E-state index contributed by atoms with van der Waals surface area (Å²) in [5, 5.41) is 13.3. The van der Waals surface area contributed by atoms with Gasteiger partial charge in [-0.25, -0.2) is 4.79 Å². The van der Waals surface area contributed by atoms with Gasteiger partial charge in [0.05, 0.1) is 16.5 Å². The molecule has 1 unspecified atom stereocenters. The molecule has 0 radical (unpaired) electrons. The molecule has 0 bridgehead atoms. The lowest BCUT2D eigenvalue weighted by Gasteiger charge is -2.21. The molecule has 0 aliphatic heterocycles. The smallest absolute Gasteiger partial charge is 0.408 e. The standard InChI is InChI=1S/C14H18N2O5/c1-9(15-13(18)21-14(2,3)4)12(17)10-7-5-6-8-11(10)16(19)20/h5-9H,1-4H3,(H,15,18). The van der Waals surface area contributed by atoms with Crippen LogP contribution in [0.4, 0.5) is 10.5 Å². The molecule has 0 aliphatic rings. The molecule has 1 aromatic rings. The van der Waals surface area contributed by atoms with Gasteiger partial charge in [0, 0.05) is 6.07 Å². The molecule has 7 nitrogen and oxygen atoms in total. The molecule has 21 heavy (non-hydrogen) atoms. The predicted molar refractivity (Wildman–Crippen MR) is 76.3 cm³/mol. The van der Waals surface area contributed by atoms with Gasteiger partial charge >= 0.3 is 6.09 Å². The molecule has 1 atom stereocenters. The second-order valence-corrected chi connectivity index (χ2v) is 5.51. The zero-order valence-corrected chi connectivity index (χ0v) is 12.4. The normalized spacial score (nSPS) is 12.4. The van der Waals surface area contributed by atoms with Crippen LogP contribution in [0.2, 0.25) is 0 Å². The molecule has 0 fully saturated rings. The van der Waals surface area contributed by atoms with Crippen LogP contribution in [0.1, 0.15) is 38.1 Å². The number of amides is 1. The molecule has 1 amide bonds. The van der Waals surface area contributed by atoms with Gasteiger partial charge in [-0.15, -0.1) is 0 Å². The first-order chi connectivity index (χ1) is 9.61. The number of rotatable bonds is 4. The van der Waals surface area contributed by atoms with Crippen molar-refractivity contribution in [2.75, 3.05) is 0 Å². The van der Waals surface area contributed by atoms with Crippen molar-refractivity contribution in [3.63, 3.8) is 0 Å². The first-order valence-electron chi connectivity index (χ1n) is 6.39. The van der Waals surface area contributed by atoms with Crippen LogP contribution >= 0.6 is 0 Å². The van der Waals surface area contributed by atoms with Crippen LogP contribution in [0.3, 0.4) is 0 Å². The van der Waals surface area contributed by atoms with Crippen molar-refractivity contribution in [1.29, 1.82) is 0 Å². The van der Waals surface area contributed by atoms with Gasteiger partial charge in [-0.2, -0.15) is 0 Å². The third-order valence-corrected chi connectivity index (χ3v) is 2.49. The number of Topliss-reactive ketones (excluding diaryl/α,β-unsaturated/α-hetero) is 1. The fourth-order valence-electron chi connectivity index (χ4n) is 1.62. The van der Waals surface area contributed by atoms with Crippen molar-refractivity contribution in [2.24, 2.45) is 0 Å². The lowest BCUT2D eigenvalue weighted by Crippen LogP contribution is -2.41. The van der Waals surface area contributed by atoms with E-state index in [4.69, 9.17) is 4.74 Å². The summed E-state index contributed by atoms with van der Waals surface area (Å²) in [4.78, 5) is 34.1. The van der Waals surface area contributed by atoms with E-state index in [-0.39, 0.29) is 11.3 Å². The highest BCUT2D eigenvalue weighted by atomic mass is 16.6. The van der Waals surface area contributed by atoms with Crippen LogP contribution in [0.25, 0.3) is 0 Å². The molecule has 1 aromatic carbocycles. The Bertz CT molecular complexity index is 563. The predicted octanol–water partition coefficient (Wildman–Crippen LogP) is 2.69. The van der Waals surface area contributed by atoms with Gasteiger partial charge in [-0.1, -0.05) is 12.1 Å². The Kier molecular flexibility index (Phi) is 5.02. The van der Waals surface area contributed by atoms with Crippen LogP contribution in [0.5, 0.6) is 0 Å². The van der Waals surface area contributed by atoms with E-state index in [1.54, 1.807) is 20.8 Å². The minimum absolute atomic E-state index is 0.0499. The van der Waals surface area contributed by atoms with E-state index < -0.39 is 28.4 Å². The zero-order chi connectivity index (χ0) is 16.2. The Morgan fingerprint density at radius 3 is 2.38 bits per heavy atom. The van der Waals surface area contributed by atoms with Crippen LogP contribution < -0.4 is 5.32 Å². The first-order valence-corrected chi connectivity index (χ1v) is 6.39. The highest BCUT2D eigenvalue weighted by Crippen LogP contribution is 2.19. The van der Waals surface area contributed by atoms with Gasteiger partial charge in [0.1, 0.15) is 5.60 Å². The van der Waals surface area contributed by atoms with E-state index in [9.17, 15) is 19.7 Å². The van der Waals surface area contributed by atoms with Gasteiger partial charge in [0.15, 0.2) is 5.78 Å². The second-order valence-electron chi connectivity index (χ2n) is 5.51. The maximum atomic E-state index is 12.2. The highest BCUT2D eigenvalue weighted by Gasteiger charge is 2.26. The third kappa shape index (κ3) is 4.87. The number of nitro benzene ring substituents is 1. The number of hydrogen-bond donors (Lipinski definition) is 1. The van der Waals surface area contributed by atoms with E-state index in [0.717, 1.165) is 0 Å². The summed E-state index contributed by atoms with van der Waals surface area (Å²) in [5.41, 5.74) is -1.03. The Morgan fingerprint density at radius 1 is 1.29 bits per heavy atom. The number of ether oxygens (including phenoxy) is 1. The SMILES string of the molecule is CC(NC(=O)OC(C)(C)C)C(=O)c1ccccc1[N+](=O)[O-]. The fourth-order valence-corrected chi connectivity index (χ4v) is 1.62. The summed E-state index contributed by atoms with van der Waals surface area (Å²) in [7, 11) is 0. The van der Waals surface area contributed by atoms with Crippen molar-refractivity contribution in [1.82, 2.24) is 5.32 Å². The summed E-state index contributed by atoms with van der Waals surface area (Å²) in [6, 6.07) is 4.67. The lowest BCUT2D eigenvalue weighted by atomic mass is 10.0. The Morgan fingerprint density at radius 2 is 1.86 bits per heavy atom. The van der Waals surface area contributed by atoms with E-state index >= 15 is 0 Å². The van der Waals surface area contributed by atoms with Crippen LogP contribution in [-0.4, -0.2) is 28.4 Å². The van der Waals surface area contributed by atoms with Crippen LogP contribution in [0.15, 0.2) is 24.3 Å². The van der Waals surface area contributed by atoms with Crippen molar-refractivity contribution >= 4 is 17.6 Å². The van der Waals surface area contributed by atoms with Gasteiger partial charge in [-0.3, -0.25) is 14.9 Å². The van der Waals surface area contributed by atoms with E-state index in [1.165, 1.54) is 31.2 Å². The van der Waals surface area contributed by atoms with E-state index in [1.807, 2.05) is 0 Å². The molecule has 1 N–H and O–H groups in total. The van der Waals surface area contributed by atoms with Crippen molar-refractivity contribution < 1.29 is 19.2 Å². The Labute approximate surface area is 122 Å². The number of carbonyl (C=O) groups excluding carboxylic acids is 2. The minimum atomic E-state index is -0.930. The highest BCUT2D eigenvalue weighted by molar-refractivity contribution is 6.04. The summed E-state index contributed by atoms with van der Waals surface area (Å²) >= 11 is 0. The van der Waals surface area contributed by atoms with Gasteiger partial charge < -0.3 is 10.1 Å². The first kappa shape index (κ1) is 16.6. The molecule has 1 rings (SSSR count). The van der Waals surface area contributed by atoms with Crippen LogP contribution in [-0.2, 0) is 4.74 Å². The monoisotopic (exact) mass is 294 g/mol. The van der Waals surface area contributed by atoms with Crippen molar-refractivity contribution in [3.05, 3.63) is 39.9 Å². The average molecular weight is 294 g/mol. The number of nitrogens with zero attached hydrogens (tertiary/aromatic N) is 1. The number of nitrogens with one attached hydrogen (secondary N) is 1. The molecule has 0 heterocycles. The number of alkyl carbamates (subject to hydrolysis) is 1. The molecule has 0 spiro atoms. The maximum Gasteiger partial charge on any atom is 0.408 e. The maximum absolute atomic E-state index is 12.2. The molecular formula is C14H18N2O5. The molecule has 0 saturated carbocycles. The summed E-state index contributed by atoms with van der Waals surface area (Å²) in [5.74, 6) is -0.548. The van der Waals surface area contributed by atoms with Crippen LogP contribution in [0, 0.1) is 10.1 Å². The quantitative estimate of drug-likeness (QED) is 0.523. The molecular weight excluding hydrogens is 276 g/mol. The fraction of sp³-hybridized carbons (Fsp3) is 0.429. The summed E-state index contributed by atoms with van der Waals surface area (Å²) in [6.07, 6.45) is -0.748. The largest absolute Gasteiger partial charge is 0.444 e. The Balaban J connectivity index is 2.85. The molecule has 0 aromatic heterocycles. The molecule has 7 heteroatoms. The zero-order valence-electron chi connectivity index (χ0n) is 12.4. The van der Waals surface area contributed by atoms with Gasteiger partial charge in [0.2, 0.25) is 0 Å². The van der Waals surface area contributed by atoms with Crippen molar-refractivity contribution in [2.45, 2.75) is 39.3 Å². The third-order valence-electron chi connectivity index (χ3n) is 2.49. The summed E-state index contributed by atoms with van der Waals surface area (Å²) < 4.78 is 5.04. The second kappa shape index (κ2) is 6.34. The van der Waals surface area contributed by atoms with E-state index in [2.05, 4.69) is 5.32 Å². The number of hydrogen-bond acceptors (Lipinski definition) is 5. The lowest BCUT2D eigenvalue weighted by molar-refractivity contribution is -0.385. The van der Waals surface area contributed by atoms with Gasteiger partial charge in [0.25, 0.3) is 5.69 Å². The van der Waals surface area contributed by atoms with Crippen molar-refractivity contribution in [3.8, 4) is 0 Å². The number of carbonyl (C=O) groups is 2. The molecule has 114 valence electrons. The topological polar surface area (TPSA) is 98.5 Å². The number of para-hydroxylation sites is 1. The van der Waals surface area contributed by atoms with Gasteiger partial charge in [-0.05, 0) is 33.8 Å². The molecule has 0 saturated heterocycles. The number of nitro groups is 1. The summed E-state index contributed by atoms with van der Waals surface area (Å²) in [6.45, 7) is 6.53.